The zero-order valence-corrected chi connectivity index (χ0v) is 18.1. The first-order valence-corrected chi connectivity index (χ1v) is 11.3. The number of hydrogen-bond donors (Lipinski definition) is 1. The number of piperidine rings is 1. The Bertz CT molecular complexity index is 687. The lowest BCUT2D eigenvalue weighted by Crippen LogP contribution is -2.47. The molecule has 28 heavy (non-hydrogen) atoms. The molecule has 1 aromatic rings. The van der Waals surface area contributed by atoms with Crippen LogP contribution in [0.3, 0.4) is 0 Å². The van der Waals surface area contributed by atoms with E-state index in [9.17, 15) is 9.59 Å². The molecule has 3 fully saturated rings. The Morgan fingerprint density at radius 2 is 1.82 bits per heavy atom. The third-order valence-corrected chi connectivity index (χ3v) is 6.80. The van der Waals surface area contributed by atoms with Crippen LogP contribution in [0.25, 0.3) is 0 Å². The second-order valence-electron chi connectivity index (χ2n) is 8.05. The van der Waals surface area contributed by atoms with E-state index in [1.54, 1.807) is 16.7 Å². The summed E-state index contributed by atoms with van der Waals surface area (Å²) in [5.74, 6) is 0.914. The average Bonchev–Trinajstić information content (AvgIpc) is 3.46. The fourth-order valence-corrected chi connectivity index (χ4v) is 4.51. The fraction of sp³-hybridized carbons (Fsp3) is 0.619. The minimum atomic E-state index is -0.200. The van der Waals surface area contributed by atoms with Crippen LogP contribution < -0.4 is 10.2 Å². The number of likely N-dealkylation sites (tertiary alicyclic amines) is 1. The Morgan fingerprint density at radius 3 is 2.43 bits per heavy atom. The van der Waals surface area contributed by atoms with Crippen LogP contribution >= 0.6 is 24.2 Å². The largest absolute Gasteiger partial charge is 0.342 e. The van der Waals surface area contributed by atoms with Gasteiger partial charge in [0.15, 0.2) is 0 Å². The molecule has 0 aromatic heterocycles. The number of rotatable bonds is 6. The zero-order chi connectivity index (χ0) is 18.8. The molecule has 0 spiro atoms. The molecule has 1 N–H and O–H groups in total. The minimum absolute atomic E-state index is 0. The van der Waals surface area contributed by atoms with Crippen molar-refractivity contribution >= 4 is 41.7 Å². The number of anilines is 1. The molecule has 1 unspecified atom stereocenters. The van der Waals surface area contributed by atoms with Gasteiger partial charge in [-0.3, -0.25) is 9.59 Å². The number of benzene rings is 1. The summed E-state index contributed by atoms with van der Waals surface area (Å²) in [5, 5.41) is 3.66. The Hall–Kier alpha value is -1.24. The maximum absolute atomic E-state index is 12.9. The first-order valence-electron chi connectivity index (χ1n) is 10.1. The van der Waals surface area contributed by atoms with Crippen molar-refractivity contribution in [3.63, 3.8) is 0 Å². The number of nitrogens with zero attached hydrogens (tertiary/aromatic N) is 2. The predicted molar refractivity (Wildman–Crippen MR) is 116 cm³/mol. The normalized spacial score (nSPS) is 23.0. The SMILES string of the molecule is CSc1ccc(N2CC(C(=O)N3CCC(NCC4CC4)CC3)CC2=O)cc1.Cl. The van der Waals surface area contributed by atoms with Crippen LogP contribution in [0.1, 0.15) is 32.1 Å². The lowest BCUT2D eigenvalue weighted by molar-refractivity contribution is -0.136. The van der Waals surface area contributed by atoms with E-state index in [2.05, 4.69) is 5.32 Å². The van der Waals surface area contributed by atoms with Crippen LogP contribution in [0.15, 0.2) is 29.2 Å². The van der Waals surface area contributed by atoms with Gasteiger partial charge in [-0.1, -0.05) is 0 Å². The summed E-state index contributed by atoms with van der Waals surface area (Å²) >= 11 is 1.68. The van der Waals surface area contributed by atoms with Gasteiger partial charge in [0.25, 0.3) is 0 Å². The van der Waals surface area contributed by atoms with Crippen LogP contribution in [-0.4, -0.2) is 55.2 Å². The van der Waals surface area contributed by atoms with Crippen molar-refractivity contribution in [2.45, 2.75) is 43.0 Å². The lowest BCUT2D eigenvalue weighted by Gasteiger charge is -2.34. The summed E-state index contributed by atoms with van der Waals surface area (Å²) < 4.78 is 0. The number of hydrogen-bond acceptors (Lipinski definition) is 4. The van der Waals surface area contributed by atoms with E-state index in [4.69, 9.17) is 0 Å². The molecule has 2 saturated heterocycles. The maximum atomic E-state index is 12.9. The van der Waals surface area contributed by atoms with Crippen molar-refractivity contribution in [1.29, 1.82) is 0 Å². The van der Waals surface area contributed by atoms with Crippen molar-refractivity contribution < 1.29 is 9.59 Å². The van der Waals surface area contributed by atoms with Gasteiger partial charge in [-0.15, -0.1) is 24.2 Å². The summed E-state index contributed by atoms with van der Waals surface area (Å²) in [6, 6.07) is 8.57. The van der Waals surface area contributed by atoms with Gasteiger partial charge in [-0.25, -0.2) is 0 Å². The molecule has 1 aliphatic carbocycles. The fourth-order valence-electron chi connectivity index (χ4n) is 4.10. The first-order chi connectivity index (χ1) is 13.1. The van der Waals surface area contributed by atoms with E-state index in [1.807, 2.05) is 35.4 Å². The summed E-state index contributed by atoms with van der Waals surface area (Å²) in [5.41, 5.74) is 0.899. The molecule has 2 heterocycles. The van der Waals surface area contributed by atoms with Crippen molar-refractivity contribution in [2.24, 2.45) is 11.8 Å². The van der Waals surface area contributed by atoms with E-state index in [1.165, 1.54) is 17.7 Å². The molecule has 154 valence electrons. The number of amides is 2. The quantitative estimate of drug-likeness (QED) is 0.714. The van der Waals surface area contributed by atoms with Crippen LogP contribution in [0, 0.1) is 11.8 Å². The molecule has 2 aliphatic heterocycles. The van der Waals surface area contributed by atoms with Gasteiger partial charge in [-0.2, -0.15) is 0 Å². The molecule has 7 heteroatoms. The van der Waals surface area contributed by atoms with Gasteiger partial charge in [0.2, 0.25) is 11.8 Å². The molecular weight excluding hydrogens is 394 g/mol. The van der Waals surface area contributed by atoms with Crippen LogP contribution in [0.5, 0.6) is 0 Å². The van der Waals surface area contributed by atoms with Crippen LogP contribution in [0.4, 0.5) is 5.69 Å². The van der Waals surface area contributed by atoms with Gasteiger partial charge >= 0.3 is 0 Å². The monoisotopic (exact) mass is 423 g/mol. The number of nitrogens with one attached hydrogen (secondary N) is 1. The van der Waals surface area contributed by atoms with E-state index in [0.29, 0.717) is 19.0 Å². The summed E-state index contributed by atoms with van der Waals surface area (Å²) in [7, 11) is 0. The number of carbonyl (C=O) groups excluding carboxylic acids is 2. The summed E-state index contributed by atoms with van der Waals surface area (Å²) in [6.45, 7) is 3.28. The molecule has 0 radical (unpaired) electrons. The standard InChI is InChI=1S/C21H29N3O2S.ClH/c1-27-19-6-4-18(5-7-19)24-14-16(12-20(24)25)21(26)23-10-8-17(9-11-23)22-13-15-2-3-15;/h4-7,15-17,22H,2-3,8-14H2,1H3;1H. The molecular formula is C21H30ClN3O2S. The van der Waals surface area contributed by atoms with Gasteiger partial charge in [0.05, 0.1) is 5.92 Å². The highest BCUT2D eigenvalue weighted by atomic mass is 35.5. The second-order valence-corrected chi connectivity index (χ2v) is 8.93. The molecule has 0 bridgehead atoms. The predicted octanol–water partition coefficient (Wildman–Crippen LogP) is 3.17. The molecule has 2 amide bonds. The average molecular weight is 424 g/mol. The topological polar surface area (TPSA) is 52.7 Å². The smallest absolute Gasteiger partial charge is 0.228 e. The number of thioether (sulfide) groups is 1. The van der Waals surface area contributed by atoms with Crippen LogP contribution in [-0.2, 0) is 9.59 Å². The summed E-state index contributed by atoms with van der Waals surface area (Å²) in [6.07, 6.45) is 7.17. The molecule has 1 saturated carbocycles. The lowest BCUT2D eigenvalue weighted by atomic mass is 10.0. The Balaban J connectivity index is 0.00000225. The van der Waals surface area contributed by atoms with E-state index in [-0.39, 0.29) is 30.1 Å². The molecule has 3 aliphatic rings. The van der Waals surface area contributed by atoms with Gasteiger partial charge in [0, 0.05) is 42.7 Å². The maximum Gasteiger partial charge on any atom is 0.228 e. The Kier molecular flexibility index (Phi) is 7.29. The number of carbonyl (C=O) groups is 2. The minimum Gasteiger partial charge on any atom is -0.342 e. The van der Waals surface area contributed by atoms with Crippen molar-refractivity contribution in [2.75, 3.05) is 37.3 Å². The highest BCUT2D eigenvalue weighted by Crippen LogP contribution is 2.30. The first kappa shape index (κ1) is 21.5. The Labute approximate surface area is 178 Å². The Morgan fingerprint density at radius 1 is 1.14 bits per heavy atom. The number of halogens is 1. The van der Waals surface area contributed by atoms with E-state index >= 15 is 0 Å². The van der Waals surface area contributed by atoms with Crippen LogP contribution in [0.2, 0.25) is 0 Å². The van der Waals surface area contributed by atoms with Crippen molar-refractivity contribution in [1.82, 2.24) is 10.2 Å². The van der Waals surface area contributed by atoms with E-state index in [0.717, 1.165) is 44.1 Å². The highest BCUT2D eigenvalue weighted by Gasteiger charge is 2.38. The molecule has 4 rings (SSSR count). The van der Waals surface area contributed by atoms with Gasteiger partial charge in [-0.05, 0) is 68.7 Å². The molecule has 1 aromatic carbocycles. The van der Waals surface area contributed by atoms with E-state index < -0.39 is 0 Å². The third-order valence-electron chi connectivity index (χ3n) is 6.06. The zero-order valence-electron chi connectivity index (χ0n) is 16.4. The molecule has 5 nitrogen and oxygen atoms in total. The van der Waals surface area contributed by atoms with Crippen molar-refractivity contribution in [3.8, 4) is 0 Å². The second kappa shape index (κ2) is 9.51. The van der Waals surface area contributed by atoms with Gasteiger partial charge in [0.1, 0.15) is 0 Å². The van der Waals surface area contributed by atoms with Gasteiger partial charge < -0.3 is 15.1 Å². The van der Waals surface area contributed by atoms with Crippen molar-refractivity contribution in [3.05, 3.63) is 24.3 Å². The molecule has 1 atom stereocenters. The summed E-state index contributed by atoms with van der Waals surface area (Å²) in [4.78, 5) is 30.3. The highest BCUT2D eigenvalue weighted by molar-refractivity contribution is 7.98. The third kappa shape index (κ3) is 5.02.